The molecule has 23 heavy (non-hydrogen) atoms. The second-order valence-electron chi connectivity index (χ2n) is 5.77. The van der Waals surface area contributed by atoms with Gasteiger partial charge in [0.05, 0.1) is 24.8 Å². The number of carboxylic acid groups (broad SMARTS) is 1. The van der Waals surface area contributed by atoms with Crippen molar-refractivity contribution in [2.45, 2.75) is 38.8 Å². The summed E-state index contributed by atoms with van der Waals surface area (Å²) in [7, 11) is 0. The number of likely N-dealkylation sites (tertiary alicyclic amines) is 1. The molecule has 0 atom stereocenters. The van der Waals surface area contributed by atoms with Crippen LogP contribution in [0.5, 0.6) is 0 Å². The first-order valence-corrected chi connectivity index (χ1v) is 8.06. The van der Waals surface area contributed by atoms with Crippen molar-refractivity contribution in [3.8, 4) is 0 Å². The SMILES string of the molecule is CCCCCOC1CN(C(=O)NCc2ccc(C(=O)O)cc2)C1. The van der Waals surface area contributed by atoms with Crippen LogP contribution in [0, 0.1) is 0 Å². The molecule has 0 aliphatic carbocycles. The van der Waals surface area contributed by atoms with Gasteiger partial charge in [0, 0.05) is 13.2 Å². The Labute approximate surface area is 136 Å². The number of benzene rings is 1. The standard InChI is InChI=1S/C17H24N2O4/c1-2-3-4-9-23-15-11-19(12-15)17(22)18-10-13-5-7-14(8-6-13)16(20)21/h5-8,15H,2-4,9-12H2,1H3,(H,18,22)(H,20,21). The summed E-state index contributed by atoms with van der Waals surface area (Å²) in [6.45, 7) is 4.58. The zero-order chi connectivity index (χ0) is 16.7. The summed E-state index contributed by atoms with van der Waals surface area (Å²) in [5, 5.41) is 11.7. The molecule has 0 unspecified atom stereocenters. The predicted molar refractivity (Wildman–Crippen MR) is 86.5 cm³/mol. The van der Waals surface area contributed by atoms with E-state index in [1.807, 2.05) is 0 Å². The Balaban J connectivity index is 1.63. The smallest absolute Gasteiger partial charge is 0.335 e. The molecule has 1 aliphatic heterocycles. The number of unbranched alkanes of at least 4 members (excludes halogenated alkanes) is 2. The quantitative estimate of drug-likeness (QED) is 0.721. The lowest BCUT2D eigenvalue weighted by Crippen LogP contribution is -2.57. The van der Waals surface area contributed by atoms with Crippen LogP contribution < -0.4 is 5.32 Å². The number of rotatable bonds is 8. The Morgan fingerprint density at radius 2 is 1.96 bits per heavy atom. The lowest BCUT2D eigenvalue weighted by Gasteiger charge is -2.38. The maximum atomic E-state index is 12.0. The molecule has 1 fully saturated rings. The van der Waals surface area contributed by atoms with E-state index >= 15 is 0 Å². The van der Waals surface area contributed by atoms with Gasteiger partial charge in [0.2, 0.25) is 0 Å². The summed E-state index contributed by atoms with van der Waals surface area (Å²) in [4.78, 5) is 24.4. The molecular formula is C17H24N2O4. The van der Waals surface area contributed by atoms with Crippen LogP contribution >= 0.6 is 0 Å². The first-order chi connectivity index (χ1) is 11.1. The highest BCUT2D eigenvalue weighted by Gasteiger charge is 2.30. The van der Waals surface area contributed by atoms with Crippen LogP contribution in [0.3, 0.4) is 0 Å². The topological polar surface area (TPSA) is 78.9 Å². The van der Waals surface area contributed by atoms with Crippen LogP contribution in [0.15, 0.2) is 24.3 Å². The molecule has 0 radical (unpaired) electrons. The Kier molecular flexibility index (Phi) is 6.40. The zero-order valence-corrected chi connectivity index (χ0v) is 13.5. The van der Waals surface area contributed by atoms with Crippen molar-refractivity contribution >= 4 is 12.0 Å². The Hall–Kier alpha value is -2.08. The summed E-state index contributed by atoms with van der Waals surface area (Å²) >= 11 is 0. The van der Waals surface area contributed by atoms with E-state index in [0.717, 1.165) is 18.6 Å². The van der Waals surface area contributed by atoms with Gasteiger partial charge in [0.1, 0.15) is 0 Å². The third-order valence-corrected chi connectivity index (χ3v) is 3.88. The number of hydrogen-bond donors (Lipinski definition) is 2. The minimum atomic E-state index is -0.953. The monoisotopic (exact) mass is 320 g/mol. The third kappa shape index (κ3) is 5.25. The van der Waals surface area contributed by atoms with Gasteiger partial charge in [0.15, 0.2) is 0 Å². The van der Waals surface area contributed by atoms with Crippen molar-refractivity contribution in [3.63, 3.8) is 0 Å². The molecule has 2 amide bonds. The summed E-state index contributed by atoms with van der Waals surface area (Å²) in [5.41, 5.74) is 1.11. The summed E-state index contributed by atoms with van der Waals surface area (Å²) in [6, 6.07) is 6.38. The summed E-state index contributed by atoms with van der Waals surface area (Å²) < 4.78 is 5.68. The van der Waals surface area contributed by atoms with Gasteiger partial charge >= 0.3 is 12.0 Å². The van der Waals surface area contributed by atoms with E-state index in [-0.39, 0.29) is 17.7 Å². The fourth-order valence-corrected chi connectivity index (χ4v) is 2.37. The van der Waals surface area contributed by atoms with Gasteiger partial charge in [-0.05, 0) is 24.1 Å². The number of aromatic carboxylic acids is 1. The predicted octanol–water partition coefficient (Wildman–Crippen LogP) is 2.49. The van der Waals surface area contributed by atoms with E-state index in [0.29, 0.717) is 19.6 Å². The van der Waals surface area contributed by atoms with E-state index in [4.69, 9.17) is 9.84 Å². The molecule has 126 valence electrons. The van der Waals surface area contributed by atoms with Gasteiger partial charge in [-0.1, -0.05) is 31.9 Å². The second-order valence-corrected chi connectivity index (χ2v) is 5.77. The van der Waals surface area contributed by atoms with Crippen molar-refractivity contribution in [3.05, 3.63) is 35.4 Å². The molecule has 1 heterocycles. The van der Waals surface area contributed by atoms with Crippen LogP contribution in [0.4, 0.5) is 4.79 Å². The molecule has 0 bridgehead atoms. The average molecular weight is 320 g/mol. The van der Waals surface area contributed by atoms with Crippen molar-refractivity contribution in [1.82, 2.24) is 10.2 Å². The molecule has 1 aliphatic rings. The van der Waals surface area contributed by atoms with Gasteiger partial charge in [-0.3, -0.25) is 0 Å². The number of nitrogens with one attached hydrogen (secondary N) is 1. The second kappa shape index (κ2) is 8.53. The lowest BCUT2D eigenvalue weighted by atomic mass is 10.1. The summed E-state index contributed by atoms with van der Waals surface area (Å²) in [6.07, 6.45) is 3.59. The molecular weight excluding hydrogens is 296 g/mol. The molecule has 1 saturated heterocycles. The van der Waals surface area contributed by atoms with E-state index in [1.165, 1.54) is 25.0 Å². The number of nitrogens with zero attached hydrogens (tertiary/aromatic N) is 1. The molecule has 6 nitrogen and oxygen atoms in total. The third-order valence-electron chi connectivity index (χ3n) is 3.88. The molecule has 6 heteroatoms. The van der Waals surface area contributed by atoms with E-state index in [1.54, 1.807) is 17.0 Å². The van der Waals surface area contributed by atoms with E-state index in [2.05, 4.69) is 12.2 Å². The first-order valence-electron chi connectivity index (χ1n) is 8.06. The van der Waals surface area contributed by atoms with Gasteiger partial charge < -0.3 is 20.1 Å². The molecule has 2 N–H and O–H groups in total. The highest BCUT2D eigenvalue weighted by molar-refractivity contribution is 5.87. The fourth-order valence-electron chi connectivity index (χ4n) is 2.37. The van der Waals surface area contributed by atoms with Gasteiger partial charge in [-0.2, -0.15) is 0 Å². The number of ether oxygens (including phenoxy) is 1. The first kappa shape index (κ1) is 17.3. The van der Waals surface area contributed by atoms with Crippen LogP contribution in [0.2, 0.25) is 0 Å². The highest BCUT2D eigenvalue weighted by atomic mass is 16.5. The number of hydrogen-bond acceptors (Lipinski definition) is 3. The molecule has 2 rings (SSSR count). The van der Waals surface area contributed by atoms with E-state index in [9.17, 15) is 9.59 Å². The number of carbonyl (C=O) groups is 2. The Morgan fingerprint density at radius 1 is 1.26 bits per heavy atom. The molecule has 1 aromatic carbocycles. The van der Waals surface area contributed by atoms with Gasteiger partial charge in [-0.15, -0.1) is 0 Å². The summed E-state index contributed by atoms with van der Waals surface area (Å²) in [5.74, 6) is -0.953. The van der Waals surface area contributed by atoms with Crippen molar-refractivity contribution in [2.75, 3.05) is 19.7 Å². The maximum absolute atomic E-state index is 12.0. The number of carbonyl (C=O) groups excluding carboxylic acids is 1. The molecule has 0 aromatic heterocycles. The molecule has 1 aromatic rings. The largest absolute Gasteiger partial charge is 0.478 e. The van der Waals surface area contributed by atoms with Crippen LogP contribution in [-0.4, -0.2) is 47.8 Å². The van der Waals surface area contributed by atoms with Crippen LogP contribution in [0.1, 0.15) is 42.1 Å². The zero-order valence-electron chi connectivity index (χ0n) is 13.5. The van der Waals surface area contributed by atoms with Crippen LogP contribution in [-0.2, 0) is 11.3 Å². The number of carboxylic acids is 1. The average Bonchev–Trinajstić information content (AvgIpc) is 2.51. The van der Waals surface area contributed by atoms with Crippen molar-refractivity contribution in [2.24, 2.45) is 0 Å². The molecule has 0 saturated carbocycles. The van der Waals surface area contributed by atoms with Gasteiger partial charge in [0.25, 0.3) is 0 Å². The highest BCUT2D eigenvalue weighted by Crippen LogP contribution is 2.13. The van der Waals surface area contributed by atoms with Crippen LogP contribution in [0.25, 0.3) is 0 Å². The van der Waals surface area contributed by atoms with Gasteiger partial charge in [-0.25, -0.2) is 9.59 Å². The van der Waals surface area contributed by atoms with Crippen molar-refractivity contribution < 1.29 is 19.4 Å². The van der Waals surface area contributed by atoms with Crippen molar-refractivity contribution in [1.29, 1.82) is 0 Å². The lowest BCUT2D eigenvalue weighted by molar-refractivity contribution is -0.0365. The minimum Gasteiger partial charge on any atom is -0.478 e. The number of urea groups is 1. The Bertz CT molecular complexity index is 524. The maximum Gasteiger partial charge on any atom is 0.335 e. The Morgan fingerprint density at radius 3 is 2.57 bits per heavy atom. The fraction of sp³-hybridized carbons (Fsp3) is 0.529. The van der Waals surface area contributed by atoms with E-state index < -0.39 is 5.97 Å². The minimum absolute atomic E-state index is 0.110. The normalized spacial score (nSPS) is 14.4. The number of amides is 2. The molecule has 0 spiro atoms.